The number of anilines is 1. The number of carboxylic acids is 1. The summed E-state index contributed by atoms with van der Waals surface area (Å²) in [7, 11) is 1.62. The Balaban J connectivity index is 2.39. The fourth-order valence-corrected chi connectivity index (χ4v) is 1.33. The van der Waals surface area contributed by atoms with Crippen molar-refractivity contribution in [1.82, 2.24) is 9.88 Å². The number of aliphatic carboxylic acids is 1. The monoisotopic (exact) mass is 251 g/mol. The lowest BCUT2D eigenvalue weighted by molar-refractivity contribution is -0.137. The van der Waals surface area contributed by atoms with Crippen molar-refractivity contribution in [2.45, 2.75) is 19.8 Å². The van der Waals surface area contributed by atoms with Crippen molar-refractivity contribution in [3.63, 3.8) is 0 Å². The third-order valence-corrected chi connectivity index (χ3v) is 2.39. The number of aromatic nitrogens is 1. The van der Waals surface area contributed by atoms with Crippen molar-refractivity contribution >= 4 is 17.7 Å². The summed E-state index contributed by atoms with van der Waals surface area (Å²) in [5, 5.41) is 11.2. The summed E-state index contributed by atoms with van der Waals surface area (Å²) >= 11 is 0. The molecule has 0 spiro atoms. The van der Waals surface area contributed by atoms with Crippen LogP contribution in [0.25, 0.3) is 0 Å². The highest BCUT2D eigenvalue weighted by atomic mass is 16.4. The van der Waals surface area contributed by atoms with E-state index in [-0.39, 0.29) is 12.5 Å². The van der Waals surface area contributed by atoms with E-state index < -0.39 is 5.97 Å². The van der Waals surface area contributed by atoms with E-state index in [9.17, 15) is 9.59 Å². The van der Waals surface area contributed by atoms with Crippen LogP contribution in [0, 0.1) is 6.92 Å². The SMILES string of the molecule is Cc1ccc(NC(=O)N(C)CCCC(=O)O)cn1. The molecule has 1 rings (SSSR count). The second kappa shape index (κ2) is 6.58. The van der Waals surface area contributed by atoms with Crippen LogP contribution in [0.15, 0.2) is 18.3 Å². The predicted octanol–water partition coefficient (Wildman–Crippen LogP) is 1.72. The number of carboxylic acid groups (broad SMARTS) is 1. The van der Waals surface area contributed by atoms with Gasteiger partial charge in [0, 0.05) is 25.7 Å². The molecule has 6 heteroatoms. The molecule has 1 heterocycles. The van der Waals surface area contributed by atoms with Gasteiger partial charge in [0.1, 0.15) is 0 Å². The zero-order valence-electron chi connectivity index (χ0n) is 10.5. The minimum atomic E-state index is -0.855. The molecule has 2 amide bonds. The van der Waals surface area contributed by atoms with Gasteiger partial charge in [0.25, 0.3) is 0 Å². The first-order valence-corrected chi connectivity index (χ1v) is 5.65. The van der Waals surface area contributed by atoms with Crippen LogP contribution >= 0.6 is 0 Å². The van der Waals surface area contributed by atoms with Crippen LogP contribution < -0.4 is 5.32 Å². The van der Waals surface area contributed by atoms with Gasteiger partial charge in [-0.2, -0.15) is 0 Å². The minimum Gasteiger partial charge on any atom is -0.481 e. The van der Waals surface area contributed by atoms with Crippen LogP contribution in [0.4, 0.5) is 10.5 Å². The van der Waals surface area contributed by atoms with Gasteiger partial charge in [-0.05, 0) is 25.5 Å². The maximum atomic E-state index is 11.7. The number of carbonyl (C=O) groups is 2. The summed E-state index contributed by atoms with van der Waals surface area (Å²) in [6, 6.07) is 3.30. The van der Waals surface area contributed by atoms with Gasteiger partial charge in [0.15, 0.2) is 0 Å². The molecule has 18 heavy (non-hydrogen) atoms. The number of carbonyl (C=O) groups excluding carboxylic acids is 1. The van der Waals surface area contributed by atoms with E-state index in [2.05, 4.69) is 10.3 Å². The van der Waals surface area contributed by atoms with Gasteiger partial charge >= 0.3 is 12.0 Å². The predicted molar refractivity (Wildman–Crippen MR) is 67.5 cm³/mol. The second-order valence-corrected chi connectivity index (χ2v) is 4.04. The molecule has 0 aliphatic rings. The van der Waals surface area contributed by atoms with Crippen molar-refractivity contribution in [2.24, 2.45) is 0 Å². The Bertz CT molecular complexity index is 417. The molecule has 0 aliphatic carbocycles. The Morgan fingerprint density at radius 3 is 2.72 bits per heavy atom. The lowest BCUT2D eigenvalue weighted by atomic mass is 10.3. The molecule has 0 saturated heterocycles. The van der Waals surface area contributed by atoms with Gasteiger partial charge in [-0.1, -0.05) is 0 Å². The molecule has 1 aromatic heterocycles. The van der Waals surface area contributed by atoms with E-state index in [1.54, 1.807) is 25.4 Å². The third-order valence-electron chi connectivity index (χ3n) is 2.39. The molecule has 0 bridgehead atoms. The van der Waals surface area contributed by atoms with Crippen LogP contribution in [0.2, 0.25) is 0 Å². The number of hydrogen-bond acceptors (Lipinski definition) is 3. The molecule has 2 N–H and O–H groups in total. The summed E-state index contributed by atoms with van der Waals surface area (Å²) < 4.78 is 0. The number of nitrogens with one attached hydrogen (secondary N) is 1. The number of nitrogens with zero attached hydrogens (tertiary/aromatic N) is 2. The van der Waals surface area contributed by atoms with E-state index in [1.165, 1.54) is 4.90 Å². The number of amides is 2. The zero-order chi connectivity index (χ0) is 13.5. The average molecular weight is 251 g/mol. The molecule has 6 nitrogen and oxygen atoms in total. The van der Waals surface area contributed by atoms with E-state index in [1.807, 2.05) is 6.92 Å². The molecule has 0 aromatic carbocycles. The van der Waals surface area contributed by atoms with Crippen molar-refractivity contribution in [2.75, 3.05) is 18.9 Å². The van der Waals surface area contributed by atoms with Gasteiger partial charge in [-0.25, -0.2) is 4.79 Å². The minimum absolute atomic E-state index is 0.0592. The van der Waals surface area contributed by atoms with Gasteiger partial charge in [0.2, 0.25) is 0 Å². The number of rotatable bonds is 5. The van der Waals surface area contributed by atoms with Gasteiger partial charge in [-0.15, -0.1) is 0 Å². The summed E-state index contributed by atoms with van der Waals surface area (Å²) in [4.78, 5) is 27.6. The lowest BCUT2D eigenvalue weighted by Crippen LogP contribution is -2.32. The highest BCUT2D eigenvalue weighted by Crippen LogP contribution is 2.06. The lowest BCUT2D eigenvalue weighted by Gasteiger charge is -2.17. The average Bonchev–Trinajstić information content (AvgIpc) is 2.31. The van der Waals surface area contributed by atoms with Crippen molar-refractivity contribution in [1.29, 1.82) is 0 Å². The molecule has 0 saturated carbocycles. The number of urea groups is 1. The fourth-order valence-electron chi connectivity index (χ4n) is 1.33. The summed E-state index contributed by atoms with van der Waals surface area (Å²) in [6.45, 7) is 2.26. The molecular formula is C12H17N3O3. The Labute approximate surface area is 106 Å². The van der Waals surface area contributed by atoms with Crippen molar-refractivity contribution in [3.05, 3.63) is 24.0 Å². The number of pyridine rings is 1. The Morgan fingerprint density at radius 1 is 1.44 bits per heavy atom. The maximum Gasteiger partial charge on any atom is 0.321 e. The molecule has 1 aromatic rings. The fraction of sp³-hybridized carbons (Fsp3) is 0.417. The molecule has 0 radical (unpaired) electrons. The molecule has 0 unspecified atom stereocenters. The van der Waals surface area contributed by atoms with Gasteiger partial charge in [-0.3, -0.25) is 9.78 Å². The highest BCUT2D eigenvalue weighted by Gasteiger charge is 2.09. The Morgan fingerprint density at radius 2 is 2.17 bits per heavy atom. The molecule has 0 fully saturated rings. The second-order valence-electron chi connectivity index (χ2n) is 4.04. The normalized spacial score (nSPS) is 9.89. The van der Waals surface area contributed by atoms with Crippen LogP contribution in [0.5, 0.6) is 0 Å². The third kappa shape index (κ3) is 4.82. The summed E-state index contributed by atoms with van der Waals surface area (Å²) in [5.74, 6) is -0.855. The quantitative estimate of drug-likeness (QED) is 0.834. The first-order chi connectivity index (χ1) is 8.49. The summed E-state index contributed by atoms with van der Waals surface area (Å²) in [5.41, 5.74) is 1.50. The van der Waals surface area contributed by atoms with Crippen molar-refractivity contribution in [3.8, 4) is 0 Å². The molecule has 0 atom stereocenters. The van der Waals surface area contributed by atoms with E-state index >= 15 is 0 Å². The molecular weight excluding hydrogens is 234 g/mol. The van der Waals surface area contributed by atoms with Crippen molar-refractivity contribution < 1.29 is 14.7 Å². The van der Waals surface area contributed by atoms with E-state index in [0.717, 1.165) is 5.69 Å². The number of aryl methyl sites for hydroxylation is 1. The maximum absolute atomic E-state index is 11.7. The zero-order valence-corrected chi connectivity index (χ0v) is 10.5. The Hall–Kier alpha value is -2.11. The topological polar surface area (TPSA) is 82.5 Å². The first kappa shape index (κ1) is 14.0. The van der Waals surface area contributed by atoms with Crippen LogP contribution in [-0.4, -0.2) is 40.6 Å². The van der Waals surface area contributed by atoms with Gasteiger partial charge < -0.3 is 15.3 Å². The first-order valence-electron chi connectivity index (χ1n) is 5.65. The largest absolute Gasteiger partial charge is 0.481 e. The summed E-state index contributed by atoms with van der Waals surface area (Å²) in [6.07, 6.45) is 2.08. The Kier molecular flexibility index (Phi) is 5.10. The molecule has 0 aliphatic heterocycles. The van der Waals surface area contributed by atoms with E-state index in [4.69, 9.17) is 5.11 Å². The highest BCUT2D eigenvalue weighted by molar-refractivity contribution is 5.88. The van der Waals surface area contributed by atoms with Gasteiger partial charge in [0.05, 0.1) is 11.9 Å². The van der Waals surface area contributed by atoms with Crippen LogP contribution in [0.3, 0.4) is 0 Å². The van der Waals surface area contributed by atoms with Crippen LogP contribution in [0.1, 0.15) is 18.5 Å². The smallest absolute Gasteiger partial charge is 0.321 e. The van der Waals surface area contributed by atoms with E-state index in [0.29, 0.717) is 18.7 Å². The number of hydrogen-bond donors (Lipinski definition) is 2. The van der Waals surface area contributed by atoms with Crippen LogP contribution in [-0.2, 0) is 4.79 Å². The molecule has 98 valence electrons. The standard InChI is InChI=1S/C12H17N3O3/c1-9-5-6-10(8-13-9)14-12(18)15(2)7-3-4-11(16)17/h5-6,8H,3-4,7H2,1-2H3,(H,14,18)(H,16,17).